The molecule has 0 radical (unpaired) electrons. The monoisotopic (exact) mass is 494 g/mol. The number of nitrogens with zero attached hydrogens (tertiary/aromatic N) is 2. The van der Waals surface area contributed by atoms with Gasteiger partial charge in [-0.25, -0.2) is 9.80 Å². The fraction of sp³-hybridized carbons (Fsp3) is 0.0357. The summed E-state index contributed by atoms with van der Waals surface area (Å²) in [6.45, 7) is 0. The second-order valence-electron chi connectivity index (χ2n) is 8.63. The van der Waals surface area contributed by atoms with Crippen molar-refractivity contribution in [3.8, 4) is 28.7 Å². The predicted molar refractivity (Wildman–Crippen MR) is 131 cm³/mol. The van der Waals surface area contributed by atoms with E-state index < -0.39 is 23.2 Å². The SMILES string of the molecule is O=C(O)c1cccc(/C=N\N2C(=O)c3ccccc3C23c2ccc(O)cc2Oc2cc(O)ccc23)c1O. The molecule has 0 bridgehead atoms. The summed E-state index contributed by atoms with van der Waals surface area (Å²) in [7, 11) is 0. The molecule has 0 fully saturated rings. The Kier molecular flexibility index (Phi) is 4.71. The largest absolute Gasteiger partial charge is 0.508 e. The predicted octanol–water partition coefficient (Wildman–Crippen LogP) is 4.39. The Morgan fingerprint density at radius 3 is 2.14 bits per heavy atom. The molecule has 6 rings (SSSR count). The van der Waals surface area contributed by atoms with Gasteiger partial charge in [0.15, 0.2) is 0 Å². The average Bonchev–Trinajstić information content (AvgIpc) is 3.11. The van der Waals surface area contributed by atoms with E-state index in [4.69, 9.17) is 4.74 Å². The number of fused-ring (bicyclic) bond motifs is 6. The van der Waals surface area contributed by atoms with Crippen LogP contribution in [0, 0.1) is 0 Å². The van der Waals surface area contributed by atoms with E-state index in [9.17, 15) is 30.0 Å². The van der Waals surface area contributed by atoms with Crippen LogP contribution in [0.1, 0.15) is 43.0 Å². The second-order valence-corrected chi connectivity index (χ2v) is 8.63. The molecule has 0 aromatic heterocycles. The van der Waals surface area contributed by atoms with Crippen LogP contribution in [-0.4, -0.2) is 43.5 Å². The summed E-state index contributed by atoms with van der Waals surface area (Å²) in [6, 6.07) is 20.3. The van der Waals surface area contributed by atoms with E-state index in [1.165, 1.54) is 53.7 Å². The Morgan fingerprint density at radius 1 is 0.838 bits per heavy atom. The standard InChI is InChI=1S/C28H18N2O7/c31-16-8-10-21-23(12-16)37-24-13-17(32)9-11-22(24)28(21)20-7-2-1-5-18(20)26(34)30(28)29-14-15-4-3-6-19(25(15)33)27(35)36/h1-14,31-33H,(H,35,36)/b29-14-. The fourth-order valence-electron chi connectivity index (χ4n) is 5.03. The normalized spacial score (nSPS) is 14.8. The maximum atomic E-state index is 13.8. The first kappa shape index (κ1) is 22.2. The molecule has 2 aliphatic heterocycles. The number of para-hydroxylation sites is 1. The highest BCUT2D eigenvalue weighted by Gasteiger charge is 2.57. The number of phenolic OH excluding ortho intramolecular Hbond substituents is 2. The topological polar surface area (TPSA) is 140 Å². The third-order valence-electron chi connectivity index (χ3n) is 6.60. The summed E-state index contributed by atoms with van der Waals surface area (Å²) in [5.74, 6) is -1.82. The van der Waals surface area contributed by atoms with Crippen molar-refractivity contribution in [2.24, 2.45) is 5.10 Å². The van der Waals surface area contributed by atoms with Crippen molar-refractivity contribution in [1.29, 1.82) is 0 Å². The van der Waals surface area contributed by atoms with E-state index in [-0.39, 0.29) is 34.1 Å². The van der Waals surface area contributed by atoms with Crippen LogP contribution in [0.3, 0.4) is 0 Å². The van der Waals surface area contributed by atoms with E-state index in [0.29, 0.717) is 22.3 Å². The van der Waals surface area contributed by atoms with Crippen LogP contribution >= 0.6 is 0 Å². The first-order valence-corrected chi connectivity index (χ1v) is 11.2. The van der Waals surface area contributed by atoms with Crippen LogP contribution in [0.15, 0.2) is 84.0 Å². The van der Waals surface area contributed by atoms with Crippen LogP contribution in [-0.2, 0) is 5.54 Å². The molecule has 1 amide bonds. The minimum atomic E-state index is -1.35. The van der Waals surface area contributed by atoms with Crippen molar-refractivity contribution in [1.82, 2.24) is 5.01 Å². The van der Waals surface area contributed by atoms with Gasteiger partial charge in [0.05, 0.1) is 6.21 Å². The minimum absolute atomic E-state index is 0.0550. The summed E-state index contributed by atoms with van der Waals surface area (Å²) in [6.07, 6.45) is 1.23. The highest BCUT2D eigenvalue weighted by molar-refractivity contribution is 6.03. The molecular weight excluding hydrogens is 476 g/mol. The molecule has 4 N–H and O–H groups in total. The minimum Gasteiger partial charge on any atom is -0.508 e. The van der Waals surface area contributed by atoms with Crippen molar-refractivity contribution in [2.45, 2.75) is 5.54 Å². The molecule has 37 heavy (non-hydrogen) atoms. The van der Waals surface area contributed by atoms with Gasteiger partial charge in [-0.3, -0.25) is 4.79 Å². The van der Waals surface area contributed by atoms with Crippen molar-refractivity contribution in [3.05, 3.63) is 112 Å². The average molecular weight is 494 g/mol. The zero-order valence-corrected chi connectivity index (χ0v) is 19.0. The summed E-state index contributed by atoms with van der Waals surface area (Å²) in [5.41, 5.74) is 0.454. The van der Waals surface area contributed by atoms with Gasteiger partial charge in [-0.2, -0.15) is 5.10 Å². The Morgan fingerprint density at radius 2 is 1.49 bits per heavy atom. The molecule has 0 atom stereocenters. The Hall–Kier alpha value is -5.31. The molecule has 9 heteroatoms. The quantitative estimate of drug-likeness (QED) is 0.310. The number of benzene rings is 4. The van der Waals surface area contributed by atoms with Crippen molar-refractivity contribution >= 4 is 18.1 Å². The number of amides is 1. The first-order chi connectivity index (χ1) is 17.8. The Bertz CT molecular complexity index is 1610. The molecule has 4 aromatic rings. The lowest BCUT2D eigenvalue weighted by atomic mass is 9.75. The smallest absolute Gasteiger partial charge is 0.339 e. The van der Waals surface area contributed by atoms with Crippen LogP contribution < -0.4 is 4.74 Å². The van der Waals surface area contributed by atoms with E-state index in [0.717, 1.165) is 0 Å². The fourth-order valence-corrected chi connectivity index (χ4v) is 5.03. The number of carbonyl (C=O) groups is 2. The van der Waals surface area contributed by atoms with Crippen LogP contribution in [0.25, 0.3) is 0 Å². The number of carboxylic acids is 1. The van der Waals surface area contributed by atoms with E-state index in [1.807, 2.05) is 0 Å². The lowest BCUT2D eigenvalue weighted by Gasteiger charge is -2.41. The number of carboxylic acid groups (broad SMARTS) is 1. The van der Waals surface area contributed by atoms with Gasteiger partial charge in [-0.1, -0.05) is 24.3 Å². The number of hydrogen-bond donors (Lipinski definition) is 4. The molecule has 0 saturated carbocycles. The van der Waals surface area contributed by atoms with Gasteiger partial charge < -0.3 is 25.2 Å². The summed E-state index contributed by atoms with van der Waals surface area (Å²) in [4.78, 5) is 25.3. The highest BCUT2D eigenvalue weighted by Crippen LogP contribution is 2.58. The van der Waals surface area contributed by atoms with E-state index in [2.05, 4.69) is 5.10 Å². The molecule has 0 unspecified atom stereocenters. The molecule has 182 valence electrons. The molecule has 9 nitrogen and oxygen atoms in total. The van der Waals surface area contributed by atoms with Crippen molar-refractivity contribution in [3.63, 3.8) is 0 Å². The maximum Gasteiger partial charge on any atom is 0.339 e. The van der Waals surface area contributed by atoms with Crippen LogP contribution in [0.2, 0.25) is 0 Å². The number of aromatic hydroxyl groups is 3. The molecule has 0 saturated heterocycles. The number of aromatic carboxylic acids is 1. The third-order valence-corrected chi connectivity index (χ3v) is 6.60. The first-order valence-electron chi connectivity index (χ1n) is 11.2. The van der Waals surface area contributed by atoms with Gasteiger partial charge in [-0.05, 0) is 42.5 Å². The van der Waals surface area contributed by atoms with Gasteiger partial charge in [0, 0.05) is 39.9 Å². The zero-order chi connectivity index (χ0) is 25.9. The maximum absolute atomic E-state index is 13.8. The highest BCUT2D eigenvalue weighted by atomic mass is 16.5. The summed E-state index contributed by atoms with van der Waals surface area (Å²) in [5, 5.41) is 46.0. The van der Waals surface area contributed by atoms with Gasteiger partial charge in [0.2, 0.25) is 0 Å². The van der Waals surface area contributed by atoms with Gasteiger partial charge in [-0.15, -0.1) is 0 Å². The number of rotatable bonds is 3. The van der Waals surface area contributed by atoms with Gasteiger partial charge in [0.25, 0.3) is 5.91 Å². The summed E-state index contributed by atoms with van der Waals surface area (Å²) >= 11 is 0. The van der Waals surface area contributed by atoms with E-state index in [1.54, 1.807) is 36.4 Å². The molecule has 2 aliphatic rings. The Labute approximate surface area is 209 Å². The summed E-state index contributed by atoms with van der Waals surface area (Å²) < 4.78 is 6.03. The van der Waals surface area contributed by atoms with Gasteiger partial charge in [0.1, 0.15) is 39.8 Å². The number of phenols is 3. The van der Waals surface area contributed by atoms with Gasteiger partial charge >= 0.3 is 5.97 Å². The lowest BCUT2D eigenvalue weighted by molar-refractivity contribution is 0.0670. The molecular formula is C28H18N2O7. The number of ether oxygens (including phenoxy) is 1. The molecule has 0 aliphatic carbocycles. The number of carbonyl (C=O) groups excluding carboxylic acids is 1. The molecule has 4 aromatic carbocycles. The van der Waals surface area contributed by atoms with Crippen LogP contribution in [0.4, 0.5) is 0 Å². The van der Waals surface area contributed by atoms with Crippen LogP contribution in [0.5, 0.6) is 28.7 Å². The third kappa shape index (κ3) is 3.07. The Balaban J connectivity index is 1.65. The number of hydrogen-bond acceptors (Lipinski definition) is 7. The second kappa shape index (κ2) is 7.85. The van der Waals surface area contributed by atoms with E-state index >= 15 is 0 Å². The molecule has 1 spiro atoms. The lowest BCUT2D eigenvalue weighted by Crippen LogP contribution is -2.44. The number of hydrazone groups is 1. The zero-order valence-electron chi connectivity index (χ0n) is 19.0. The molecule has 2 heterocycles. The van der Waals surface area contributed by atoms with Crippen molar-refractivity contribution in [2.75, 3.05) is 0 Å². The van der Waals surface area contributed by atoms with Crippen molar-refractivity contribution < 1.29 is 34.8 Å².